The Labute approximate surface area is 125 Å². The summed E-state index contributed by atoms with van der Waals surface area (Å²) < 4.78 is 40.7. The molecule has 6 nitrogen and oxygen atoms in total. The molecule has 1 aliphatic rings. The standard InChI is InChI=1S/C10H10F3IN4O2/c1-5-3-9(20,10(11,12)13)18(15-5)8(19)7-6(14)4-17(2)16-7/h3-4,15,20H,1-2H3. The number of amides is 1. The first-order valence-electron chi connectivity index (χ1n) is 5.35. The highest BCUT2D eigenvalue weighted by molar-refractivity contribution is 14.1. The van der Waals surface area contributed by atoms with Crippen molar-refractivity contribution < 1.29 is 23.1 Å². The second-order valence-corrected chi connectivity index (χ2v) is 5.47. The molecule has 0 aromatic carbocycles. The van der Waals surface area contributed by atoms with E-state index in [-0.39, 0.29) is 16.4 Å². The van der Waals surface area contributed by atoms with Gasteiger partial charge in [0.05, 0.1) is 3.57 Å². The van der Waals surface area contributed by atoms with E-state index in [2.05, 4.69) is 10.5 Å². The first-order chi connectivity index (χ1) is 9.06. The Morgan fingerprint density at radius 1 is 1.55 bits per heavy atom. The van der Waals surface area contributed by atoms with Crippen LogP contribution in [-0.2, 0) is 7.05 Å². The maximum atomic E-state index is 13.0. The van der Waals surface area contributed by atoms with Gasteiger partial charge in [-0.2, -0.15) is 18.3 Å². The predicted molar refractivity (Wildman–Crippen MR) is 70.0 cm³/mol. The second kappa shape index (κ2) is 4.62. The van der Waals surface area contributed by atoms with Crippen molar-refractivity contribution in [3.8, 4) is 0 Å². The van der Waals surface area contributed by atoms with Crippen molar-refractivity contribution in [3.05, 3.63) is 27.2 Å². The molecule has 2 heterocycles. The molecule has 0 bridgehead atoms. The van der Waals surface area contributed by atoms with E-state index in [9.17, 15) is 23.1 Å². The molecule has 20 heavy (non-hydrogen) atoms. The summed E-state index contributed by atoms with van der Waals surface area (Å²) in [6, 6.07) is 0. The maximum Gasteiger partial charge on any atom is 0.442 e. The third-order valence-electron chi connectivity index (χ3n) is 2.65. The molecule has 1 aliphatic heterocycles. The zero-order valence-electron chi connectivity index (χ0n) is 10.4. The fourth-order valence-electron chi connectivity index (χ4n) is 1.78. The SMILES string of the molecule is CC1=CC(O)(C(F)(F)F)N(C(=O)c2nn(C)cc2I)N1. The van der Waals surface area contributed by atoms with Crippen LogP contribution in [0.2, 0.25) is 0 Å². The van der Waals surface area contributed by atoms with E-state index >= 15 is 0 Å². The molecule has 0 fully saturated rings. The van der Waals surface area contributed by atoms with Crippen molar-refractivity contribution in [1.82, 2.24) is 20.2 Å². The van der Waals surface area contributed by atoms with Gasteiger partial charge in [0, 0.05) is 18.9 Å². The van der Waals surface area contributed by atoms with Crippen molar-refractivity contribution in [2.45, 2.75) is 18.8 Å². The van der Waals surface area contributed by atoms with Crippen LogP contribution in [-0.4, -0.2) is 37.7 Å². The number of aliphatic hydroxyl groups is 1. The summed E-state index contributed by atoms with van der Waals surface area (Å²) in [4.78, 5) is 12.2. The average molecular weight is 402 g/mol. The van der Waals surface area contributed by atoms with E-state index in [1.807, 2.05) is 0 Å². The summed E-state index contributed by atoms with van der Waals surface area (Å²) in [5.74, 6) is -1.07. The van der Waals surface area contributed by atoms with E-state index in [0.717, 1.165) is 0 Å². The summed E-state index contributed by atoms with van der Waals surface area (Å²) >= 11 is 1.78. The third-order valence-corrected chi connectivity index (χ3v) is 3.44. The van der Waals surface area contributed by atoms with E-state index in [0.29, 0.717) is 9.65 Å². The summed E-state index contributed by atoms with van der Waals surface area (Å²) in [5.41, 5.74) is -1.34. The minimum atomic E-state index is -5.03. The average Bonchev–Trinajstić information content (AvgIpc) is 2.77. The number of halogens is 4. The number of allylic oxidation sites excluding steroid dienone is 1. The summed E-state index contributed by atoms with van der Waals surface area (Å²) in [6.07, 6.45) is -3.01. The van der Waals surface area contributed by atoms with Gasteiger partial charge >= 0.3 is 6.18 Å². The lowest BCUT2D eigenvalue weighted by Crippen LogP contribution is -2.60. The van der Waals surface area contributed by atoms with Gasteiger partial charge in [0.15, 0.2) is 5.69 Å². The number of hydrogen-bond donors (Lipinski definition) is 2. The normalized spacial score (nSPS) is 22.8. The van der Waals surface area contributed by atoms with Gasteiger partial charge in [-0.3, -0.25) is 14.9 Å². The Bertz CT molecular complexity index is 598. The quantitative estimate of drug-likeness (QED) is 0.692. The van der Waals surface area contributed by atoms with Crippen molar-refractivity contribution >= 4 is 28.5 Å². The highest BCUT2D eigenvalue weighted by Crippen LogP contribution is 2.38. The van der Waals surface area contributed by atoms with Crippen LogP contribution in [0.4, 0.5) is 13.2 Å². The molecule has 0 spiro atoms. The van der Waals surface area contributed by atoms with E-state index in [1.54, 1.807) is 22.6 Å². The Morgan fingerprint density at radius 3 is 2.60 bits per heavy atom. The Hall–Kier alpha value is -1.30. The van der Waals surface area contributed by atoms with Crippen LogP contribution in [0.25, 0.3) is 0 Å². The molecule has 2 rings (SSSR count). The van der Waals surface area contributed by atoms with Crippen LogP contribution in [0, 0.1) is 3.57 Å². The number of hydrogen-bond acceptors (Lipinski definition) is 4. The number of aryl methyl sites for hydroxylation is 1. The molecule has 1 amide bonds. The van der Waals surface area contributed by atoms with Gasteiger partial charge in [-0.15, -0.1) is 0 Å². The van der Waals surface area contributed by atoms with Gasteiger partial charge in [0.1, 0.15) is 0 Å². The van der Waals surface area contributed by atoms with Crippen molar-refractivity contribution in [3.63, 3.8) is 0 Å². The molecule has 0 aliphatic carbocycles. The molecule has 1 aromatic rings. The van der Waals surface area contributed by atoms with Crippen LogP contribution >= 0.6 is 22.6 Å². The third kappa shape index (κ3) is 2.26. The van der Waals surface area contributed by atoms with Gasteiger partial charge < -0.3 is 5.11 Å². The zero-order valence-corrected chi connectivity index (χ0v) is 12.5. The monoisotopic (exact) mass is 402 g/mol. The molecule has 0 saturated heterocycles. The molecule has 1 atom stereocenters. The number of rotatable bonds is 1. The van der Waals surface area contributed by atoms with Crippen molar-refractivity contribution in [2.24, 2.45) is 7.05 Å². The van der Waals surface area contributed by atoms with Crippen molar-refractivity contribution in [1.29, 1.82) is 0 Å². The molecule has 0 radical (unpaired) electrons. The predicted octanol–water partition coefficient (Wildman–Crippen LogP) is 1.14. The highest BCUT2D eigenvalue weighted by Gasteiger charge is 2.61. The molecule has 110 valence electrons. The van der Waals surface area contributed by atoms with Crippen LogP contribution in [0.15, 0.2) is 18.0 Å². The Kier molecular flexibility index (Phi) is 3.48. The lowest BCUT2D eigenvalue weighted by atomic mass is 10.2. The number of alkyl halides is 3. The number of hydrazine groups is 1. The van der Waals surface area contributed by atoms with E-state index < -0.39 is 17.8 Å². The van der Waals surface area contributed by atoms with Crippen LogP contribution in [0.3, 0.4) is 0 Å². The van der Waals surface area contributed by atoms with Gasteiger partial charge in [0.2, 0.25) is 0 Å². The van der Waals surface area contributed by atoms with Crippen molar-refractivity contribution in [2.75, 3.05) is 0 Å². The molecule has 1 aromatic heterocycles. The van der Waals surface area contributed by atoms with Crippen LogP contribution < -0.4 is 5.43 Å². The van der Waals surface area contributed by atoms with Gasteiger partial charge in [-0.05, 0) is 35.6 Å². The maximum absolute atomic E-state index is 13.0. The number of carbonyl (C=O) groups is 1. The van der Waals surface area contributed by atoms with Gasteiger partial charge in [-0.1, -0.05) is 0 Å². The Balaban J connectivity index is 2.43. The summed E-state index contributed by atoms with van der Waals surface area (Å²) in [7, 11) is 1.54. The first-order valence-corrected chi connectivity index (χ1v) is 6.43. The highest BCUT2D eigenvalue weighted by atomic mass is 127. The molecular weight excluding hydrogens is 392 g/mol. The zero-order chi connectivity index (χ0) is 15.3. The largest absolute Gasteiger partial charge is 0.442 e. The number of nitrogens with one attached hydrogen (secondary N) is 1. The minimum Gasteiger partial charge on any atom is -0.359 e. The number of aromatic nitrogens is 2. The summed E-state index contributed by atoms with van der Waals surface area (Å²) in [5, 5.41) is 13.7. The lowest BCUT2D eigenvalue weighted by molar-refractivity contribution is -0.283. The van der Waals surface area contributed by atoms with Crippen LogP contribution in [0.5, 0.6) is 0 Å². The van der Waals surface area contributed by atoms with Gasteiger partial charge in [-0.25, -0.2) is 5.01 Å². The fourth-order valence-corrected chi connectivity index (χ4v) is 2.53. The Morgan fingerprint density at radius 2 is 2.15 bits per heavy atom. The smallest absolute Gasteiger partial charge is 0.359 e. The molecule has 0 saturated carbocycles. The molecular formula is C10H10F3IN4O2. The van der Waals surface area contributed by atoms with E-state index in [1.165, 1.54) is 24.9 Å². The summed E-state index contributed by atoms with van der Waals surface area (Å²) in [6.45, 7) is 1.31. The van der Waals surface area contributed by atoms with E-state index in [4.69, 9.17) is 0 Å². The van der Waals surface area contributed by atoms with Gasteiger partial charge in [0.25, 0.3) is 11.6 Å². The fraction of sp³-hybridized carbons (Fsp3) is 0.400. The molecule has 10 heteroatoms. The van der Waals surface area contributed by atoms with Crippen LogP contribution in [0.1, 0.15) is 17.4 Å². The lowest BCUT2D eigenvalue weighted by Gasteiger charge is -2.33. The second-order valence-electron chi connectivity index (χ2n) is 4.30. The minimum absolute atomic E-state index is 0.0177. The number of carbonyl (C=O) groups excluding carboxylic acids is 1. The molecule has 1 unspecified atom stereocenters. The first kappa shape index (κ1) is 15.1. The topological polar surface area (TPSA) is 70.4 Å². The number of nitrogens with zero attached hydrogens (tertiary/aromatic N) is 3. The molecule has 2 N–H and O–H groups in total.